The molecule has 0 unspecified atom stereocenters. The monoisotopic (exact) mass is 402 g/mol. The standard InChI is InChI=1S/C30H42/c1-3-7-24-10-14-27(15-11-24)29-18-20-30(21-19-29)28-16-12-25(13-17-28)22-23(2)26-8-5-4-6-9-26/h4-6,8-9,12-13,16-17,23-24,27,29-30H,3,7,10-11,14-15,18-22H2,1-2H3/t23-,24?,27?,29?,30?/m1/s1. The summed E-state index contributed by atoms with van der Waals surface area (Å²) in [5.41, 5.74) is 4.52. The Labute approximate surface area is 185 Å². The van der Waals surface area contributed by atoms with Gasteiger partial charge < -0.3 is 0 Å². The average Bonchev–Trinajstić information content (AvgIpc) is 2.81. The maximum absolute atomic E-state index is 2.44. The van der Waals surface area contributed by atoms with Gasteiger partial charge in [0, 0.05) is 0 Å². The minimum atomic E-state index is 0.583. The number of benzene rings is 2. The molecular formula is C30H42. The molecule has 4 rings (SSSR count). The van der Waals surface area contributed by atoms with Crippen LogP contribution >= 0.6 is 0 Å². The lowest BCUT2D eigenvalue weighted by molar-refractivity contribution is 0.156. The molecule has 0 spiro atoms. The zero-order valence-corrected chi connectivity index (χ0v) is 19.4. The van der Waals surface area contributed by atoms with Gasteiger partial charge in [0.25, 0.3) is 0 Å². The Bertz CT molecular complexity index is 727. The first-order valence-corrected chi connectivity index (χ1v) is 12.9. The van der Waals surface area contributed by atoms with Crippen molar-refractivity contribution in [3.05, 3.63) is 71.3 Å². The van der Waals surface area contributed by atoms with Gasteiger partial charge in [-0.15, -0.1) is 0 Å². The summed E-state index contributed by atoms with van der Waals surface area (Å²) in [5.74, 6) is 4.50. The highest BCUT2D eigenvalue weighted by atomic mass is 14.4. The molecule has 2 aliphatic carbocycles. The average molecular weight is 403 g/mol. The summed E-state index contributed by atoms with van der Waals surface area (Å²) in [6, 6.07) is 20.6. The molecule has 0 aromatic heterocycles. The Hall–Kier alpha value is -1.56. The molecule has 1 atom stereocenters. The van der Waals surface area contributed by atoms with Gasteiger partial charge in [-0.2, -0.15) is 0 Å². The fraction of sp³-hybridized carbons (Fsp3) is 0.600. The van der Waals surface area contributed by atoms with Crippen LogP contribution in [0.3, 0.4) is 0 Å². The van der Waals surface area contributed by atoms with E-state index < -0.39 is 0 Å². The van der Waals surface area contributed by atoms with Crippen LogP contribution in [0.5, 0.6) is 0 Å². The third-order valence-electron chi connectivity index (χ3n) is 8.39. The molecule has 0 heterocycles. The minimum Gasteiger partial charge on any atom is -0.0654 e. The van der Waals surface area contributed by atoms with Crippen molar-refractivity contribution in [2.75, 3.05) is 0 Å². The Morgan fingerprint density at radius 1 is 0.733 bits per heavy atom. The first-order valence-electron chi connectivity index (χ1n) is 12.9. The molecule has 0 heteroatoms. The van der Waals surface area contributed by atoms with E-state index >= 15 is 0 Å². The Morgan fingerprint density at radius 2 is 1.33 bits per heavy atom. The molecule has 0 radical (unpaired) electrons. The molecule has 0 bridgehead atoms. The molecule has 0 saturated heterocycles. The van der Waals surface area contributed by atoms with Crippen LogP contribution in [0, 0.1) is 17.8 Å². The highest BCUT2D eigenvalue weighted by Crippen LogP contribution is 2.44. The molecular weight excluding hydrogens is 360 g/mol. The Balaban J connectivity index is 1.25. The van der Waals surface area contributed by atoms with E-state index in [0.29, 0.717) is 5.92 Å². The SMILES string of the molecule is CCCC1CCC(C2CCC(c3ccc(C[C@@H](C)c4ccccc4)cc3)CC2)CC1. The van der Waals surface area contributed by atoms with E-state index in [1.54, 1.807) is 5.56 Å². The molecule has 2 aliphatic rings. The summed E-state index contributed by atoms with van der Waals surface area (Å²) in [5, 5.41) is 0. The highest BCUT2D eigenvalue weighted by molar-refractivity contribution is 5.28. The topological polar surface area (TPSA) is 0 Å². The van der Waals surface area contributed by atoms with E-state index in [1.807, 2.05) is 0 Å². The molecule has 0 aliphatic heterocycles. The van der Waals surface area contributed by atoms with Crippen molar-refractivity contribution < 1.29 is 0 Å². The van der Waals surface area contributed by atoms with E-state index in [-0.39, 0.29) is 0 Å². The van der Waals surface area contributed by atoms with Crippen LogP contribution in [0.2, 0.25) is 0 Å². The summed E-state index contributed by atoms with van der Waals surface area (Å²) in [7, 11) is 0. The van der Waals surface area contributed by atoms with E-state index in [4.69, 9.17) is 0 Å². The smallest absolute Gasteiger partial charge is 0.0150 e. The molecule has 0 N–H and O–H groups in total. The lowest BCUT2D eigenvalue weighted by atomic mass is 9.68. The second-order valence-corrected chi connectivity index (χ2v) is 10.4. The minimum absolute atomic E-state index is 0.583. The quantitative estimate of drug-likeness (QED) is 0.433. The van der Waals surface area contributed by atoms with Crippen LogP contribution in [0.25, 0.3) is 0 Å². The maximum atomic E-state index is 2.44. The van der Waals surface area contributed by atoms with Gasteiger partial charge in [0.1, 0.15) is 0 Å². The molecule has 2 aromatic rings. The van der Waals surface area contributed by atoms with Crippen LogP contribution in [0.15, 0.2) is 54.6 Å². The number of hydrogen-bond acceptors (Lipinski definition) is 0. The van der Waals surface area contributed by atoms with Crippen molar-refractivity contribution in [1.82, 2.24) is 0 Å². The van der Waals surface area contributed by atoms with Crippen molar-refractivity contribution in [2.45, 2.75) is 96.3 Å². The molecule has 2 saturated carbocycles. The van der Waals surface area contributed by atoms with Crippen LogP contribution in [-0.2, 0) is 6.42 Å². The summed E-state index contributed by atoms with van der Waals surface area (Å²) in [6.45, 7) is 4.70. The van der Waals surface area contributed by atoms with E-state index in [0.717, 1.165) is 30.1 Å². The molecule has 2 aromatic carbocycles. The number of rotatable bonds is 7. The predicted molar refractivity (Wildman–Crippen MR) is 130 cm³/mol. The summed E-state index contributed by atoms with van der Waals surface area (Å²) >= 11 is 0. The normalized spacial score (nSPS) is 28.2. The lowest BCUT2D eigenvalue weighted by Gasteiger charge is -2.38. The van der Waals surface area contributed by atoms with Gasteiger partial charge in [0.15, 0.2) is 0 Å². The van der Waals surface area contributed by atoms with Gasteiger partial charge in [0.2, 0.25) is 0 Å². The predicted octanol–water partition coefficient (Wildman–Crippen LogP) is 8.91. The van der Waals surface area contributed by atoms with Gasteiger partial charge in [0.05, 0.1) is 0 Å². The van der Waals surface area contributed by atoms with E-state index in [1.165, 1.54) is 75.3 Å². The van der Waals surface area contributed by atoms with Crippen molar-refractivity contribution in [2.24, 2.45) is 17.8 Å². The van der Waals surface area contributed by atoms with Gasteiger partial charge >= 0.3 is 0 Å². The van der Waals surface area contributed by atoms with Crippen LogP contribution in [0.4, 0.5) is 0 Å². The fourth-order valence-corrected chi connectivity index (χ4v) is 6.46. The van der Waals surface area contributed by atoms with E-state index in [9.17, 15) is 0 Å². The Morgan fingerprint density at radius 3 is 1.93 bits per heavy atom. The summed E-state index contributed by atoms with van der Waals surface area (Å²) in [4.78, 5) is 0. The summed E-state index contributed by atoms with van der Waals surface area (Å²) in [6.07, 6.45) is 15.8. The van der Waals surface area contributed by atoms with Crippen molar-refractivity contribution in [1.29, 1.82) is 0 Å². The lowest BCUT2D eigenvalue weighted by Crippen LogP contribution is -2.25. The maximum Gasteiger partial charge on any atom is -0.0150 e. The van der Waals surface area contributed by atoms with Crippen LogP contribution in [-0.4, -0.2) is 0 Å². The van der Waals surface area contributed by atoms with Crippen LogP contribution < -0.4 is 0 Å². The molecule has 30 heavy (non-hydrogen) atoms. The van der Waals surface area contributed by atoms with Crippen molar-refractivity contribution >= 4 is 0 Å². The molecule has 162 valence electrons. The number of hydrogen-bond donors (Lipinski definition) is 0. The zero-order chi connectivity index (χ0) is 20.8. The van der Waals surface area contributed by atoms with E-state index in [2.05, 4.69) is 68.4 Å². The van der Waals surface area contributed by atoms with Crippen molar-refractivity contribution in [3.63, 3.8) is 0 Å². The fourth-order valence-electron chi connectivity index (χ4n) is 6.46. The highest BCUT2D eigenvalue weighted by Gasteiger charge is 2.31. The van der Waals surface area contributed by atoms with Gasteiger partial charge in [-0.3, -0.25) is 0 Å². The second kappa shape index (κ2) is 10.7. The Kier molecular flexibility index (Phi) is 7.69. The first kappa shape index (κ1) is 21.7. The third kappa shape index (κ3) is 5.57. The van der Waals surface area contributed by atoms with Crippen LogP contribution in [0.1, 0.15) is 107 Å². The molecule has 0 nitrogen and oxygen atoms in total. The molecule has 2 fully saturated rings. The first-order chi connectivity index (χ1) is 14.7. The van der Waals surface area contributed by atoms with Crippen molar-refractivity contribution in [3.8, 4) is 0 Å². The second-order valence-electron chi connectivity index (χ2n) is 10.4. The van der Waals surface area contributed by atoms with Gasteiger partial charge in [-0.05, 0) is 91.2 Å². The van der Waals surface area contributed by atoms with Gasteiger partial charge in [-0.1, -0.05) is 94.1 Å². The largest absolute Gasteiger partial charge is 0.0654 e. The third-order valence-corrected chi connectivity index (χ3v) is 8.39. The molecule has 0 amide bonds. The zero-order valence-electron chi connectivity index (χ0n) is 19.4. The summed E-state index contributed by atoms with van der Waals surface area (Å²) < 4.78 is 0. The van der Waals surface area contributed by atoms with Gasteiger partial charge in [-0.25, -0.2) is 0 Å².